The normalized spacial score (nSPS) is 27.8. The Balaban J connectivity index is 1.72. The first-order valence-corrected chi connectivity index (χ1v) is 11.8. The number of nitrogens with zero attached hydrogens (tertiary/aromatic N) is 1. The van der Waals surface area contributed by atoms with Crippen molar-refractivity contribution in [3.05, 3.63) is 24.2 Å². The lowest BCUT2D eigenvalue weighted by molar-refractivity contribution is 0.292. The maximum absolute atomic E-state index is 11.8. The van der Waals surface area contributed by atoms with Crippen LogP contribution in [0.25, 0.3) is 0 Å². The Morgan fingerprint density at radius 2 is 1.92 bits per heavy atom. The van der Waals surface area contributed by atoms with Gasteiger partial charge in [0.15, 0.2) is 24.8 Å². The van der Waals surface area contributed by atoms with E-state index in [0.29, 0.717) is 30.3 Å². The molecule has 0 aliphatic carbocycles. The van der Waals surface area contributed by atoms with Crippen LogP contribution in [0.1, 0.15) is 18.6 Å². The summed E-state index contributed by atoms with van der Waals surface area (Å²) in [6.45, 7) is 0.360. The Hall–Kier alpha value is -1.13. The average molecular weight is 393 g/mol. The average Bonchev–Trinajstić information content (AvgIpc) is 3.17. The Morgan fingerprint density at radius 1 is 1.21 bits per heavy atom. The van der Waals surface area contributed by atoms with Gasteiger partial charge in [-0.15, -0.1) is 0 Å². The second-order valence-electron chi connectivity index (χ2n) is 6.31. The third-order valence-corrected chi connectivity index (χ3v) is 8.25. The lowest BCUT2D eigenvalue weighted by Crippen LogP contribution is -2.49. The molecule has 2 saturated heterocycles. The minimum atomic E-state index is -3.05. The summed E-state index contributed by atoms with van der Waals surface area (Å²) in [4.78, 5) is 1.81. The molecule has 2 aliphatic heterocycles. The molecule has 10 heteroatoms. The molecular weight excluding hydrogens is 372 g/mol. The number of hydrogen-bond donors (Lipinski definition) is 1. The summed E-state index contributed by atoms with van der Waals surface area (Å²) in [7, 11) is -6.06. The number of rotatable bonds is 4. The Labute approximate surface area is 147 Å². The van der Waals surface area contributed by atoms with Gasteiger partial charge in [0.05, 0.1) is 35.8 Å². The molecule has 24 heavy (non-hydrogen) atoms. The summed E-state index contributed by atoms with van der Waals surface area (Å²) < 4.78 is 52.2. The molecular formula is C14H20N2O5S3. The van der Waals surface area contributed by atoms with E-state index in [9.17, 15) is 16.8 Å². The molecule has 2 aliphatic rings. The van der Waals surface area contributed by atoms with Crippen molar-refractivity contribution in [3.63, 3.8) is 0 Å². The van der Waals surface area contributed by atoms with Crippen LogP contribution in [-0.4, -0.2) is 61.9 Å². The Bertz CT molecular complexity index is 801. The van der Waals surface area contributed by atoms with Crippen LogP contribution in [0.15, 0.2) is 22.8 Å². The van der Waals surface area contributed by atoms with Crippen LogP contribution in [-0.2, 0) is 26.2 Å². The molecule has 7 nitrogen and oxygen atoms in total. The predicted molar refractivity (Wildman–Crippen MR) is 94.1 cm³/mol. The number of furan rings is 1. The number of hydrogen-bond acceptors (Lipinski definition) is 6. The topological polar surface area (TPSA) is 96.7 Å². The summed E-state index contributed by atoms with van der Waals surface area (Å²) in [6.07, 6.45) is 2.58. The van der Waals surface area contributed by atoms with Crippen LogP contribution in [0.4, 0.5) is 0 Å². The molecule has 3 rings (SSSR count). The minimum absolute atomic E-state index is 0.0541. The fourth-order valence-electron chi connectivity index (χ4n) is 3.12. The number of thiocarbonyl (C=S) groups is 1. The number of sulfone groups is 2. The van der Waals surface area contributed by atoms with E-state index in [1.54, 1.807) is 18.4 Å². The van der Waals surface area contributed by atoms with Crippen LogP contribution >= 0.6 is 12.2 Å². The first-order chi connectivity index (χ1) is 11.2. The molecule has 1 N–H and O–H groups in total. The van der Waals surface area contributed by atoms with Gasteiger partial charge in [-0.05, 0) is 37.2 Å². The largest absolute Gasteiger partial charge is 0.467 e. The molecule has 0 aromatic carbocycles. The van der Waals surface area contributed by atoms with E-state index < -0.39 is 19.7 Å². The highest BCUT2D eigenvalue weighted by Gasteiger charge is 2.35. The maximum Gasteiger partial charge on any atom is 0.169 e. The summed E-state index contributed by atoms with van der Waals surface area (Å²) in [5.41, 5.74) is 0. The van der Waals surface area contributed by atoms with Crippen LogP contribution in [0.3, 0.4) is 0 Å². The van der Waals surface area contributed by atoms with Gasteiger partial charge in [-0.3, -0.25) is 0 Å². The van der Waals surface area contributed by atoms with Crippen molar-refractivity contribution in [2.75, 3.05) is 23.0 Å². The number of nitrogens with one attached hydrogen (secondary N) is 1. The smallest absolute Gasteiger partial charge is 0.169 e. The molecule has 2 fully saturated rings. The Kier molecular flexibility index (Phi) is 4.89. The van der Waals surface area contributed by atoms with Crippen molar-refractivity contribution < 1.29 is 21.3 Å². The molecule has 1 aromatic heterocycles. The molecule has 0 bridgehead atoms. The van der Waals surface area contributed by atoms with Crippen LogP contribution in [0.5, 0.6) is 0 Å². The molecule has 0 radical (unpaired) electrons. The van der Waals surface area contributed by atoms with E-state index in [1.807, 2.05) is 4.90 Å². The summed E-state index contributed by atoms with van der Waals surface area (Å²) in [6, 6.07) is 3.12. The van der Waals surface area contributed by atoms with Crippen molar-refractivity contribution in [3.8, 4) is 0 Å². The van der Waals surface area contributed by atoms with E-state index in [1.165, 1.54) is 0 Å². The van der Waals surface area contributed by atoms with Crippen molar-refractivity contribution in [2.45, 2.75) is 31.5 Å². The van der Waals surface area contributed by atoms with Crippen molar-refractivity contribution >= 4 is 37.0 Å². The fourth-order valence-corrected chi connectivity index (χ4v) is 6.91. The van der Waals surface area contributed by atoms with Crippen LogP contribution in [0.2, 0.25) is 0 Å². The lowest BCUT2D eigenvalue weighted by atomic mass is 10.2. The molecule has 2 unspecified atom stereocenters. The van der Waals surface area contributed by atoms with Gasteiger partial charge in [0.25, 0.3) is 0 Å². The zero-order valence-corrected chi connectivity index (χ0v) is 15.5. The van der Waals surface area contributed by atoms with E-state index in [2.05, 4.69) is 5.32 Å². The highest BCUT2D eigenvalue weighted by atomic mass is 32.2. The highest BCUT2D eigenvalue weighted by molar-refractivity contribution is 7.92. The van der Waals surface area contributed by atoms with Gasteiger partial charge in [-0.2, -0.15) is 0 Å². The summed E-state index contributed by atoms with van der Waals surface area (Å²) in [5.74, 6) is 1.10. The third-order valence-electron chi connectivity index (χ3n) is 4.38. The van der Waals surface area contributed by atoms with E-state index in [-0.39, 0.29) is 35.1 Å². The zero-order chi connectivity index (χ0) is 17.4. The second-order valence-corrected chi connectivity index (χ2v) is 11.2. The second kappa shape index (κ2) is 6.64. The first kappa shape index (κ1) is 17.7. The van der Waals surface area contributed by atoms with Crippen molar-refractivity contribution in [1.82, 2.24) is 10.2 Å². The van der Waals surface area contributed by atoms with Gasteiger partial charge in [0.1, 0.15) is 5.76 Å². The monoisotopic (exact) mass is 392 g/mol. The molecule has 3 heterocycles. The quantitative estimate of drug-likeness (QED) is 0.733. The molecule has 134 valence electrons. The van der Waals surface area contributed by atoms with Gasteiger partial charge >= 0.3 is 0 Å². The van der Waals surface area contributed by atoms with Crippen molar-refractivity contribution in [2.24, 2.45) is 0 Å². The van der Waals surface area contributed by atoms with E-state index in [4.69, 9.17) is 16.6 Å². The first-order valence-electron chi connectivity index (χ1n) is 7.74. The van der Waals surface area contributed by atoms with Crippen LogP contribution in [0, 0.1) is 0 Å². The molecule has 0 saturated carbocycles. The van der Waals surface area contributed by atoms with E-state index >= 15 is 0 Å². The zero-order valence-electron chi connectivity index (χ0n) is 13.0. The molecule has 1 aromatic rings. The van der Waals surface area contributed by atoms with Crippen LogP contribution < -0.4 is 5.32 Å². The molecule has 2 atom stereocenters. The maximum atomic E-state index is 11.8. The summed E-state index contributed by atoms with van der Waals surface area (Å²) >= 11 is 5.46. The Morgan fingerprint density at radius 3 is 2.46 bits per heavy atom. The molecule has 0 spiro atoms. The summed E-state index contributed by atoms with van der Waals surface area (Å²) in [5, 5.41) is 3.48. The third kappa shape index (κ3) is 4.28. The highest BCUT2D eigenvalue weighted by Crippen LogP contribution is 2.21. The standard InChI is InChI=1S/C14H20N2O5S3/c17-23(18)6-3-11(9-23)15-14(22)16(8-13-2-1-5-21-13)12-4-7-24(19,20)10-12/h1-2,5,11-12H,3-4,6-10H2,(H,15,22). The lowest BCUT2D eigenvalue weighted by Gasteiger charge is -2.31. The fraction of sp³-hybridized carbons (Fsp3) is 0.643. The minimum Gasteiger partial charge on any atom is -0.467 e. The predicted octanol–water partition coefficient (Wildman–Crippen LogP) is 0.330. The van der Waals surface area contributed by atoms with E-state index in [0.717, 1.165) is 0 Å². The van der Waals surface area contributed by atoms with Gasteiger partial charge in [0, 0.05) is 12.1 Å². The van der Waals surface area contributed by atoms with Gasteiger partial charge in [0.2, 0.25) is 0 Å². The molecule has 0 amide bonds. The SMILES string of the molecule is O=S1(=O)CCC(NC(=S)N(Cc2ccco2)C2CCS(=O)(=O)C2)C1. The van der Waals surface area contributed by atoms with Gasteiger partial charge < -0.3 is 14.6 Å². The van der Waals surface area contributed by atoms with Gasteiger partial charge in [-0.25, -0.2) is 16.8 Å². The van der Waals surface area contributed by atoms with Gasteiger partial charge in [-0.1, -0.05) is 0 Å². The van der Waals surface area contributed by atoms with Crippen molar-refractivity contribution in [1.29, 1.82) is 0 Å².